The second-order valence-corrected chi connectivity index (χ2v) is 6.06. The summed E-state index contributed by atoms with van der Waals surface area (Å²) in [4.78, 5) is -0.666. The van der Waals surface area contributed by atoms with Gasteiger partial charge in [0, 0.05) is 31.5 Å². The number of hydrogen-bond donors (Lipinski definition) is 2. The Morgan fingerprint density at radius 3 is 2.71 bits per heavy atom. The second-order valence-electron chi connectivity index (χ2n) is 4.32. The highest BCUT2D eigenvalue weighted by molar-refractivity contribution is 7.89. The second kappa shape index (κ2) is 6.19. The van der Waals surface area contributed by atoms with Gasteiger partial charge in [0.2, 0.25) is 10.0 Å². The molecule has 0 saturated carbocycles. The molecule has 0 bridgehead atoms. The molecule has 1 aromatic heterocycles. The van der Waals surface area contributed by atoms with Gasteiger partial charge in [-0.2, -0.15) is 5.10 Å². The molecule has 0 unspecified atom stereocenters. The number of halogens is 2. The maximum Gasteiger partial charge on any atom is 0.243 e. The molecule has 0 radical (unpaired) electrons. The molecule has 1 heterocycles. The van der Waals surface area contributed by atoms with Crippen molar-refractivity contribution in [2.45, 2.75) is 17.9 Å². The fourth-order valence-electron chi connectivity index (χ4n) is 1.71. The van der Waals surface area contributed by atoms with E-state index in [2.05, 4.69) is 9.82 Å². The average molecular weight is 316 g/mol. The van der Waals surface area contributed by atoms with Gasteiger partial charge < -0.3 is 5.73 Å². The summed E-state index contributed by atoms with van der Waals surface area (Å²) in [6.07, 6.45) is 3.83. The van der Waals surface area contributed by atoms with Crippen LogP contribution in [0, 0.1) is 11.6 Å². The van der Waals surface area contributed by atoms with Crippen LogP contribution >= 0.6 is 0 Å². The van der Waals surface area contributed by atoms with E-state index in [9.17, 15) is 17.2 Å². The first kappa shape index (κ1) is 15.4. The molecule has 2 aromatic rings. The number of rotatable bonds is 6. The smallest absolute Gasteiger partial charge is 0.243 e. The van der Waals surface area contributed by atoms with Gasteiger partial charge in [0.05, 0.1) is 5.69 Å². The standard InChI is InChI=1S/C12H14F2N4O2S/c13-9-7-10(14)12(8-11(9)15)21(19,20)17-4-2-6-18-5-1-3-16-18/h1,3,5,7-8,17H,2,4,6,15H2. The summed E-state index contributed by atoms with van der Waals surface area (Å²) in [6.45, 7) is 0.614. The lowest BCUT2D eigenvalue weighted by atomic mass is 10.3. The number of nitrogens with two attached hydrogens (primary N) is 1. The summed E-state index contributed by atoms with van der Waals surface area (Å²) < 4.78 is 54.3. The Labute approximate surface area is 120 Å². The summed E-state index contributed by atoms with van der Waals surface area (Å²) in [5, 5.41) is 3.97. The number of hydrogen-bond acceptors (Lipinski definition) is 4. The van der Waals surface area contributed by atoms with Crippen molar-refractivity contribution < 1.29 is 17.2 Å². The summed E-state index contributed by atoms with van der Waals surface area (Å²) >= 11 is 0. The van der Waals surface area contributed by atoms with E-state index >= 15 is 0 Å². The summed E-state index contributed by atoms with van der Waals surface area (Å²) in [7, 11) is -4.07. The van der Waals surface area contributed by atoms with E-state index in [1.807, 2.05) is 0 Å². The molecule has 0 amide bonds. The first-order valence-corrected chi connectivity index (χ1v) is 7.60. The molecule has 0 atom stereocenters. The zero-order chi connectivity index (χ0) is 15.5. The number of sulfonamides is 1. The Morgan fingerprint density at radius 2 is 2.05 bits per heavy atom. The highest BCUT2D eigenvalue weighted by Gasteiger charge is 2.20. The molecule has 0 aliphatic rings. The van der Waals surface area contributed by atoms with Crippen molar-refractivity contribution in [2.75, 3.05) is 12.3 Å². The van der Waals surface area contributed by atoms with E-state index in [0.717, 1.165) is 6.07 Å². The van der Waals surface area contributed by atoms with Crippen molar-refractivity contribution in [1.82, 2.24) is 14.5 Å². The van der Waals surface area contributed by atoms with Crippen LogP contribution in [0.3, 0.4) is 0 Å². The van der Waals surface area contributed by atoms with Gasteiger partial charge in [-0.3, -0.25) is 4.68 Å². The summed E-state index contributed by atoms with van der Waals surface area (Å²) in [6, 6.07) is 2.97. The van der Waals surface area contributed by atoms with Crippen LogP contribution in [0.15, 0.2) is 35.5 Å². The van der Waals surface area contributed by atoms with Crippen molar-refractivity contribution in [2.24, 2.45) is 0 Å². The van der Waals surface area contributed by atoms with Crippen LogP contribution in [0.25, 0.3) is 0 Å². The molecule has 0 fully saturated rings. The zero-order valence-electron chi connectivity index (χ0n) is 11.0. The van der Waals surface area contributed by atoms with Gasteiger partial charge in [-0.15, -0.1) is 0 Å². The van der Waals surface area contributed by atoms with Crippen LogP contribution in [-0.2, 0) is 16.6 Å². The first-order chi connectivity index (χ1) is 9.90. The summed E-state index contributed by atoms with van der Waals surface area (Å²) in [5.41, 5.74) is 4.84. The minimum absolute atomic E-state index is 0.0961. The molecule has 0 spiro atoms. The average Bonchev–Trinajstić information content (AvgIpc) is 2.92. The van der Waals surface area contributed by atoms with Crippen LogP contribution in [-0.4, -0.2) is 24.7 Å². The van der Waals surface area contributed by atoms with E-state index in [4.69, 9.17) is 5.73 Å². The molecular weight excluding hydrogens is 302 g/mol. The Balaban J connectivity index is 2.00. The van der Waals surface area contributed by atoms with Gasteiger partial charge in [0.25, 0.3) is 0 Å². The molecule has 21 heavy (non-hydrogen) atoms. The molecule has 1 aromatic carbocycles. The first-order valence-electron chi connectivity index (χ1n) is 6.12. The fourth-order valence-corrected chi connectivity index (χ4v) is 2.88. The van der Waals surface area contributed by atoms with Gasteiger partial charge in [0.15, 0.2) is 0 Å². The molecule has 9 heteroatoms. The molecule has 2 rings (SSSR count). The van der Waals surface area contributed by atoms with Crippen molar-refractivity contribution in [1.29, 1.82) is 0 Å². The number of anilines is 1. The molecule has 0 aliphatic carbocycles. The maximum atomic E-state index is 13.5. The highest BCUT2D eigenvalue weighted by atomic mass is 32.2. The molecular formula is C12H14F2N4O2S. The minimum atomic E-state index is -4.07. The van der Waals surface area contributed by atoms with Gasteiger partial charge >= 0.3 is 0 Å². The van der Waals surface area contributed by atoms with Crippen molar-refractivity contribution in [3.8, 4) is 0 Å². The third-order valence-corrected chi connectivity index (χ3v) is 4.23. The quantitative estimate of drug-likeness (QED) is 0.617. The van der Waals surface area contributed by atoms with Gasteiger partial charge in [0.1, 0.15) is 16.5 Å². The SMILES string of the molecule is Nc1cc(S(=O)(=O)NCCCn2cccn2)c(F)cc1F. The van der Waals surface area contributed by atoms with Gasteiger partial charge in [-0.05, 0) is 18.6 Å². The number of aromatic nitrogens is 2. The molecule has 114 valence electrons. The minimum Gasteiger partial charge on any atom is -0.396 e. The maximum absolute atomic E-state index is 13.5. The lowest BCUT2D eigenvalue weighted by Gasteiger charge is -2.09. The molecule has 6 nitrogen and oxygen atoms in total. The lowest BCUT2D eigenvalue weighted by molar-refractivity contribution is 0.535. The lowest BCUT2D eigenvalue weighted by Crippen LogP contribution is -2.26. The number of benzene rings is 1. The monoisotopic (exact) mass is 316 g/mol. The summed E-state index contributed by atoms with van der Waals surface area (Å²) in [5.74, 6) is -2.17. The van der Waals surface area contributed by atoms with E-state index in [1.54, 1.807) is 23.1 Å². The largest absolute Gasteiger partial charge is 0.396 e. The number of aryl methyl sites for hydroxylation is 1. The third-order valence-electron chi connectivity index (χ3n) is 2.76. The van der Waals surface area contributed by atoms with Crippen molar-refractivity contribution in [3.63, 3.8) is 0 Å². The predicted octanol–water partition coefficient (Wildman–Crippen LogP) is 1.11. The van der Waals surface area contributed by atoms with Crippen LogP contribution in [0.5, 0.6) is 0 Å². The van der Waals surface area contributed by atoms with E-state index in [-0.39, 0.29) is 6.54 Å². The van der Waals surface area contributed by atoms with Gasteiger partial charge in [-0.25, -0.2) is 21.9 Å². The Morgan fingerprint density at radius 1 is 1.29 bits per heavy atom. The number of nitrogen functional groups attached to an aromatic ring is 1. The van der Waals surface area contributed by atoms with E-state index in [0.29, 0.717) is 19.0 Å². The number of nitrogens with one attached hydrogen (secondary N) is 1. The Bertz CT molecular complexity index is 717. The van der Waals surface area contributed by atoms with E-state index < -0.39 is 32.2 Å². The third kappa shape index (κ3) is 3.76. The van der Waals surface area contributed by atoms with Crippen molar-refractivity contribution in [3.05, 3.63) is 42.2 Å². The van der Waals surface area contributed by atoms with Crippen LogP contribution < -0.4 is 10.5 Å². The van der Waals surface area contributed by atoms with Gasteiger partial charge in [-0.1, -0.05) is 0 Å². The van der Waals surface area contributed by atoms with Crippen molar-refractivity contribution >= 4 is 15.7 Å². The zero-order valence-corrected chi connectivity index (χ0v) is 11.8. The molecule has 0 aliphatic heterocycles. The predicted molar refractivity (Wildman–Crippen MR) is 72.8 cm³/mol. The number of nitrogens with zero attached hydrogens (tertiary/aromatic N) is 2. The Kier molecular flexibility index (Phi) is 4.53. The fraction of sp³-hybridized carbons (Fsp3) is 0.250. The molecule has 0 saturated heterocycles. The Hall–Kier alpha value is -2.00. The normalized spacial score (nSPS) is 11.7. The van der Waals surface area contributed by atoms with Crippen LogP contribution in [0.2, 0.25) is 0 Å². The van der Waals surface area contributed by atoms with E-state index in [1.165, 1.54) is 0 Å². The topological polar surface area (TPSA) is 90.0 Å². The highest BCUT2D eigenvalue weighted by Crippen LogP contribution is 2.20. The molecule has 3 N–H and O–H groups in total. The van der Waals surface area contributed by atoms with Crippen LogP contribution in [0.1, 0.15) is 6.42 Å². The van der Waals surface area contributed by atoms with Crippen LogP contribution in [0.4, 0.5) is 14.5 Å².